The van der Waals surface area contributed by atoms with Crippen molar-refractivity contribution in [3.8, 4) is 11.5 Å². The molecule has 0 spiro atoms. The summed E-state index contributed by atoms with van der Waals surface area (Å²) in [4.78, 5) is 18.1. The number of nitrogens with zero attached hydrogens (tertiary/aromatic N) is 2. The van der Waals surface area contributed by atoms with Crippen LogP contribution in [0.1, 0.15) is 55.1 Å². The van der Waals surface area contributed by atoms with Gasteiger partial charge >= 0.3 is 0 Å². The molecule has 0 radical (unpaired) electrons. The third kappa shape index (κ3) is 8.13. The fourth-order valence-corrected chi connectivity index (χ4v) is 4.33. The highest BCUT2D eigenvalue weighted by atomic mass is 16.5. The minimum atomic E-state index is 0.0137. The Hall–Kier alpha value is -3.31. The molecule has 3 aromatic rings. The molecule has 0 aliphatic carbocycles. The quantitative estimate of drug-likeness (QED) is 0.262. The van der Waals surface area contributed by atoms with E-state index >= 15 is 0 Å². The molecule has 0 saturated carbocycles. The van der Waals surface area contributed by atoms with Crippen molar-refractivity contribution in [1.82, 2.24) is 9.80 Å². The van der Waals surface area contributed by atoms with Gasteiger partial charge in [-0.3, -0.25) is 4.79 Å². The lowest BCUT2D eigenvalue weighted by Crippen LogP contribution is -2.38. The summed E-state index contributed by atoms with van der Waals surface area (Å²) in [7, 11) is 1.62. The Morgan fingerprint density at radius 3 is 2.28 bits per heavy atom. The Labute approximate surface area is 216 Å². The van der Waals surface area contributed by atoms with Crippen LogP contribution in [0.4, 0.5) is 0 Å². The Balaban J connectivity index is 1.75. The van der Waals surface area contributed by atoms with Gasteiger partial charge in [0.1, 0.15) is 18.1 Å². The molecule has 192 valence electrons. The van der Waals surface area contributed by atoms with Crippen LogP contribution in [0.25, 0.3) is 0 Å². The first-order valence-corrected chi connectivity index (χ1v) is 13.0. The number of hydrogen-bond acceptors (Lipinski definition) is 4. The Bertz CT molecular complexity index is 1070. The van der Waals surface area contributed by atoms with Crippen LogP contribution in [-0.4, -0.2) is 48.5 Å². The van der Waals surface area contributed by atoms with Crippen LogP contribution >= 0.6 is 0 Å². The van der Waals surface area contributed by atoms with Crippen LogP contribution in [0.5, 0.6) is 11.5 Å². The van der Waals surface area contributed by atoms with E-state index in [-0.39, 0.29) is 11.9 Å². The largest absolute Gasteiger partial charge is 0.497 e. The number of carbonyl (C=O) groups is 1. The maximum absolute atomic E-state index is 13.7. The number of hydrogen-bond donors (Lipinski definition) is 0. The van der Waals surface area contributed by atoms with Crippen molar-refractivity contribution in [1.29, 1.82) is 0 Å². The van der Waals surface area contributed by atoms with Gasteiger partial charge in [0, 0.05) is 18.2 Å². The molecule has 5 nitrogen and oxygen atoms in total. The summed E-state index contributed by atoms with van der Waals surface area (Å²) in [5.41, 5.74) is 2.81. The Morgan fingerprint density at radius 2 is 1.56 bits per heavy atom. The molecule has 5 heteroatoms. The van der Waals surface area contributed by atoms with Crippen LogP contribution in [0.15, 0.2) is 78.9 Å². The average Bonchev–Trinajstić information content (AvgIpc) is 2.93. The highest BCUT2D eigenvalue weighted by molar-refractivity contribution is 5.94. The lowest BCUT2D eigenvalue weighted by molar-refractivity contribution is 0.0661. The summed E-state index contributed by atoms with van der Waals surface area (Å²) in [5, 5.41) is 0. The molecule has 0 fully saturated rings. The minimum Gasteiger partial charge on any atom is -0.497 e. The second-order valence-corrected chi connectivity index (χ2v) is 9.10. The summed E-state index contributed by atoms with van der Waals surface area (Å²) in [5.74, 6) is 1.51. The van der Waals surface area contributed by atoms with Crippen molar-refractivity contribution in [2.75, 3.05) is 26.7 Å². The second kappa shape index (κ2) is 14.3. The summed E-state index contributed by atoms with van der Waals surface area (Å²) in [6, 6.07) is 25.7. The summed E-state index contributed by atoms with van der Waals surface area (Å²) < 4.78 is 11.4. The van der Waals surface area contributed by atoms with E-state index in [9.17, 15) is 4.79 Å². The molecule has 1 unspecified atom stereocenters. The molecule has 0 N–H and O–H groups in total. The fourth-order valence-electron chi connectivity index (χ4n) is 4.33. The van der Waals surface area contributed by atoms with Gasteiger partial charge in [-0.15, -0.1) is 0 Å². The van der Waals surface area contributed by atoms with Gasteiger partial charge in [-0.05, 0) is 80.9 Å². The van der Waals surface area contributed by atoms with E-state index in [1.807, 2.05) is 65.6 Å². The zero-order valence-electron chi connectivity index (χ0n) is 22.2. The molecule has 1 amide bonds. The zero-order valence-corrected chi connectivity index (χ0v) is 22.2. The number of rotatable bonds is 14. The molecule has 0 heterocycles. The topological polar surface area (TPSA) is 42.0 Å². The standard InChI is InChI=1S/C31H40N2O3/c1-5-32(6-2)20-12-13-25(3)33(31(34)28-17-11-18-29(22-28)35-4)23-27-16-10-19-30(21-27)36-24-26-14-8-7-9-15-26/h7-11,14-19,21-22,25H,5-6,12-13,20,23-24H2,1-4H3. The predicted molar refractivity (Wildman–Crippen MR) is 147 cm³/mol. The molecule has 3 rings (SSSR count). The second-order valence-electron chi connectivity index (χ2n) is 9.10. The van der Waals surface area contributed by atoms with Gasteiger partial charge in [-0.25, -0.2) is 0 Å². The molecule has 0 aliphatic heterocycles. The van der Waals surface area contributed by atoms with Gasteiger partial charge in [0.05, 0.1) is 7.11 Å². The van der Waals surface area contributed by atoms with Crippen LogP contribution in [0.2, 0.25) is 0 Å². The van der Waals surface area contributed by atoms with E-state index in [1.165, 1.54) is 0 Å². The van der Waals surface area contributed by atoms with Gasteiger partial charge in [-0.1, -0.05) is 62.4 Å². The van der Waals surface area contributed by atoms with Crippen LogP contribution in [0.3, 0.4) is 0 Å². The van der Waals surface area contributed by atoms with Gasteiger partial charge < -0.3 is 19.3 Å². The normalized spacial score (nSPS) is 11.8. The first-order chi connectivity index (χ1) is 17.5. The number of methoxy groups -OCH3 is 1. The number of ether oxygens (including phenoxy) is 2. The van der Waals surface area contributed by atoms with Gasteiger partial charge in [-0.2, -0.15) is 0 Å². The monoisotopic (exact) mass is 488 g/mol. The third-order valence-corrected chi connectivity index (χ3v) is 6.60. The molecule has 0 saturated heterocycles. The van der Waals surface area contributed by atoms with E-state index in [2.05, 4.69) is 43.9 Å². The predicted octanol–water partition coefficient (Wildman–Crippen LogP) is 6.43. The van der Waals surface area contributed by atoms with E-state index < -0.39 is 0 Å². The van der Waals surface area contributed by atoms with Gasteiger partial charge in [0.2, 0.25) is 0 Å². The Kier molecular flexibility index (Phi) is 10.8. The highest BCUT2D eigenvalue weighted by Crippen LogP contribution is 2.22. The minimum absolute atomic E-state index is 0.0137. The maximum Gasteiger partial charge on any atom is 0.254 e. The van der Waals surface area contributed by atoms with Crippen LogP contribution in [0, 0.1) is 0 Å². The van der Waals surface area contributed by atoms with E-state index in [0.717, 1.165) is 49.4 Å². The molecule has 36 heavy (non-hydrogen) atoms. The molecule has 3 aromatic carbocycles. The lowest BCUT2D eigenvalue weighted by atomic mass is 10.1. The van der Waals surface area contributed by atoms with E-state index in [1.54, 1.807) is 7.11 Å². The van der Waals surface area contributed by atoms with Crippen LogP contribution in [-0.2, 0) is 13.2 Å². The zero-order chi connectivity index (χ0) is 25.8. The van der Waals surface area contributed by atoms with Crippen molar-refractivity contribution in [2.24, 2.45) is 0 Å². The molecule has 0 aliphatic rings. The van der Waals surface area contributed by atoms with Crippen molar-refractivity contribution < 1.29 is 14.3 Å². The van der Waals surface area contributed by atoms with Crippen molar-refractivity contribution in [3.63, 3.8) is 0 Å². The fraction of sp³-hybridized carbons (Fsp3) is 0.387. The average molecular weight is 489 g/mol. The summed E-state index contributed by atoms with van der Waals surface area (Å²) in [6.45, 7) is 10.7. The number of amides is 1. The third-order valence-electron chi connectivity index (χ3n) is 6.60. The Morgan fingerprint density at radius 1 is 0.861 bits per heavy atom. The molecular formula is C31H40N2O3. The van der Waals surface area contributed by atoms with Crippen molar-refractivity contribution in [3.05, 3.63) is 95.6 Å². The van der Waals surface area contributed by atoms with Gasteiger partial charge in [0.15, 0.2) is 0 Å². The smallest absolute Gasteiger partial charge is 0.254 e. The highest BCUT2D eigenvalue weighted by Gasteiger charge is 2.22. The first kappa shape index (κ1) is 27.3. The van der Waals surface area contributed by atoms with E-state index in [0.29, 0.717) is 24.5 Å². The lowest BCUT2D eigenvalue weighted by Gasteiger charge is -2.30. The number of benzene rings is 3. The molecule has 1 atom stereocenters. The molecular weight excluding hydrogens is 448 g/mol. The SMILES string of the molecule is CCN(CC)CCCC(C)N(Cc1cccc(OCc2ccccc2)c1)C(=O)c1cccc(OC)c1. The summed E-state index contributed by atoms with van der Waals surface area (Å²) >= 11 is 0. The summed E-state index contributed by atoms with van der Waals surface area (Å²) in [6.07, 6.45) is 1.99. The van der Waals surface area contributed by atoms with Crippen molar-refractivity contribution >= 4 is 5.91 Å². The first-order valence-electron chi connectivity index (χ1n) is 13.0. The van der Waals surface area contributed by atoms with Crippen LogP contribution < -0.4 is 9.47 Å². The maximum atomic E-state index is 13.7. The van der Waals surface area contributed by atoms with Gasteiger partial charge in [0.25, 0.3) is 5.91 Å². The molecule has 0 bridgehead atoms. The van der Waals surface area contributed by atoms with Crippen molar-refractivity contribution in [2.45, 2.75) is 52.8 Å². The number of carbonyl (C=O) groups excluding carboxylic acids is 1. The van der Waals surface area contributed by atoms with E-state index in [4.69, 9.17) is 9.47 Å². The molecule has 0 aromatic heterocycles.